The number of aryl methyl sites for hydroxylation is 1. The number of rotatable bonds is 9. The van der Waals surface area contributed by atoms with Crippen LogP contribution < -0.4 is 4.31 Å². The van der Waals surface area contributed by atoms with Gasteiger partial charge in [0, 0.05) is 17.3 Å². The fourth-order valence-corrected chi connectivity index (χ4v) is 6.20. The van der Waals surface area contributed by atoms with Gasteiger partial charge in [-0.25, -0.2) is 30.0 Å². The van der Waals surface area contributed by atoms with Crippen LogP contribution in [-0.2, 0) is 26.3 Å². The van der Waals surface area contributed by atoms with E-state index in [0.29, 0.717) is 11.1 Å². The summed E-state index contributed by atoms with van der Waals surface area (Å²) in [6, 6.07) is 10.2. The largest absolute Gasteiger partial charge is 0.264 e. The summed E-state index contributed by atoms with van der Waals surface area (Å²) < 4.78 is 94.3. The minimum atomic E-state index is -4.45. The molecule has 0 unspecified atom stereocenters. The first kappa shape index (κ1) is 27.0. The smallest absolute Gasteiger partial charge is 0.256 e. The Hall–Kier alpha value is -2.56. The van der Waals surface area contributed by atoms with Crippen molar-refractivity contribution in [1.82, 2.24) is 0 Å². The number of hydrogen-bond acceptors (Lipinski definition) is 4. The first-order valence-corrected chi connectivity index (χ1v) is 14.4. The summed E-state index contributed by atoms with van der Waals surface area (Å²) >= 11 is 5.88. The number of hydrogen-bond donors (Lipinski definition) is 0. The fraction of sp³-hybridized carbons (Fsp3) is 0.250. The SMILES string of the molecule is C[C@H](c1ccc(F)cc1CCCS(C)(=O)=O)N(c1cc(F)ccc1F)S(=O)(=O)c1ccc(Cl)cc1. The lowest BCUT2D eigenvalue weighted by Gasteiger charge is -2.32. The first-order chi connectivity index (χ1) is 16.3. The van der Waals surface area contributed by atoms with Crippen LogP contribution in [0.2, 0.25) is 5.02 Å². The van der Waals surface area contributed by atoms with Gasteiger partial charge >= 0.3 is 0 Å². The van der Waals surface area contributed by atoms with E-state index in [9.17, 15) is 30.0 Å². The summed E-state index contributed by atoms with van der Waals surface area (Å²) in [6.45, 7) is 1.46. The molecule has 0 radical (unpaired) electrons. The van der Waals surface area contributed by atoms with Crippen molar-refractivity contribution < 1.29 is 30.0 Å². The van der Waals surface area contributed by atoms with Crippen molar-refractivity contribution in [2.75, 3.05) is 16.3 Å². The highest BCUT2D eigenvalue weighted by Gasteiger charge is 2.33. The third-order valence-corrected chi connectivity index (χ3v) is 8.57. The molecule has 0 N–H and O–H groups in total. The molecule has 0 aromatic heterocycles. The van der Waals surface area contributed by atoms with Crippen molar-refractivity contribution in [3.8, 4) is 0 Å². The zero-order valence-electron chi connectivity index (χ0n) is 18.9. The highest BCUT2D eigenvalue weighted by atomic mass is 35.5. The van der Waals surface area contributed by atoms with Crippen LogP contribution in [0.25, 0.3) is 0 Å². The highest BCUT2D eigenvalue weighted by molar-refractivity contribution is 7.92. The van der Waals surface area contributed by atoms with Crippen LogP contribution in [0.4, 0.5) is 18.9 Å². The van der Waals surface area contributed by atoms with Gasteiger partial charge in [-0.2, -0.15) is 0 Å². The van der Waals surface area contributed by atoms with Gasteiger partial charge in [0.1, 0.15) is 27.3 Å². The predicted molar refractivity (Wildman–Crippen MR) is 130 cm³/mol. The number of nitrogens with zero attached hydrogens (tertiary/aromatic N) is 1. The number of anilines is 1. The van der Waals surface area contributed by atoms with Crippen molar-refractivity contribution in [2.45, 2.75) is 30.7 Å². The number of sulfonamides is 1. The minimum Gasteiger partial charge on any atom is -0.256 e. The summed E-state index contributed by atoms with van der Waals surface area (Å²) in [6.07, 6.45) is 1.38. The third kappa shape index (κ3) is 6.56. The van der Waals surface area contributed by atoms with Crippen LogP contribution in [0, 0.1) is 17.5 Å². The molecule has 0 aliphatic rings. The quantitative estimate of drug-likeness (QED) is 0.346. The summed E-state index contributed by atoms with van der Waals surface area (Å²) in [5.74, 6) is -2.57. The van der Waals surface area contributed by atoms with Crippen molar-refractivity contribution in [2.24, 2.45) is 0 Å². The van der Waals surface area contributed by atoms with E-state index in [0.717, 1.165) is 34.8 Å². The Bertz CT molecular complexity index is 1430. The Morgan fingerprint density at radius 2 is 1.49 bits per heavy atom. The maximum Gasteiger partial charge on any atom is 0.264 e. The lowest BCUT2D eigenvalue weighted by Crippen LogP contribution is -2.35. The molecule has 3 rings (SSSR count). The van der Waals surface area contributed by atoms with E-state index in [2.05, 4.69) is 0 Å². The molecule has 188 valence electrons. The van der Waals surface area contributed by atoms with E-state index in [4.69, 9.17) is 11.6 Å². The summed E-state index contributed by atoms with van der Waals surface area (Å²) in [7, 11) is -7.72. The van der Waals surface area contributed by atoms with Gasteiger partial charge in [0.05, 0.1) is 22.4 Å². The molecule has 0 aliphatic carbocycles. The zero-order valence-corrected chi connectivity index (χ0v) is 21.3. The Morgan fingerprint density at radius 1 is 0.886 bits per heavy atom. The molecule has 3 aromatic rings. The summed E-state index contributed by atoms with van der Waals surface area (Å²) in [5.41, 5.74) is 0.147. The molecule has 11 heteroatoms. The van der Waals surface area contributed by atoms with Crippen LogP contribution >= 0.6 is 11.6 Å². The van der Waals surface area contributed by atoms with Gasteiger partial charge in [-0.3, -0.25) is 4.31 Å². The number of benzene rings is 3. The second-order valence-corrected chi connectivity index (χ2v) is 12.6. The van der Waals surface area contributed by atoms with E-state index in [1.54, 1.807) is 0 Å². The molecular formula is C24H23ClF3NO4S2. The molecule has 0 aliphatic heterocycles. The van der Waals surface area contributed by atoms with Crippen molar-refractivity contribution in [1.29, 1.82) is 0 Å². The van der Waals surface area contributed by atoms with Crippen molar-refractivity contribution >= 4 is 37.1 Å². The van der Waals surface area contributed by atoms with Gasteiger partial charge in [0.15, 0.2) is 0 Å². The molecule has 0 heterocycles. The van der Waals surface area contributed by atoms with E-state index in [1.807, 2.05) is 0 Å². The van der Waals surface area contributed by atoms with E-state index >= 15 is 0 Å². The molecule has 3 aromatic carbocycles. The van der Waals surface area contributed by atoms with Crippen LogP contribution in [0.15, 0.2) is 65.6 Å². The molecule has 0 fully saturated rings. The van der Waals surface area contributed by atoms with E-state index in [1.165, 1.54) is 43.3 Å². The average Bonchev–Trinajstić information content (AvgIpc) is 2.75. The van der Waals surface area contributed by atoms with E-state index < -0.39 is 49.0 Å². The highest BCUT2D eigenvalue weighted by Crippen LogP contribution is 2.37. The van der Waals surface area contributed by atoms with E-state index in [-0.39, 0.29) is 28.5 Å². The maximum absolute atomic E-state index is 14.9. The van der Waals surface area contributed by atoms with Crippen LogP contribution in [0.1, 0.15) is 30.5 Å². The Morgan fingerprint density at radius 3 is 2.11 bits per heavy atom. The van der Waals surface area contributed by atoms with Gasteiger partial charge in [0.25, 0.3) is 10.0 Å². The zero-order chi connectivity index (χ0) is 26.0. The first-order valence-electron chi connectivity index (χ1n) is 10.5. The second-order valence-electron chi connectivity index (χ2n) is 8.10. The Kier molecular flexibility index (Phi) is 8.18. The fourth-order valence-electron chi connectivity index (χ4n) is 3.77. The molecular weight excluding hydrogens is 523 g/mol. The third-order valence-electron chi connectivity index (χ3n) is 5.38. The predicted octanol–water partition coefficient (Wildman–Crippen LogP) is 5.69. The Balaban J connectivity index is 2.16. The van der Waals surface area contributed by atoms with Crippen molar-refractivity contribution in [3.05, 3.63) is 94.3 Å². The minimum absolute atomic E-state index is 0.130. The molecule has 1 atom stereocenters. The summed E-state index contributed by atoms with van der Waals surface area (Å²) in [5, 5.41) is 0.284. The van der Waals surface area contributed by atoms with Gasteiger partial charge in [-0.05, 0) is 79.4 Å². The lowest BCUT2D eigenvalue weighted by atomic mass is 9.97. The molecule has 0 saturated carbocycles. The molecule has 0 saturated heterocycles. The van der Waals surface area contributed by atoms with Gasteiger partial charge in [-0.15, -0.1) is 0 Å². The van der Waals surface area contributed by atoms with Crippen molar-refractivity contribution in [3.63, 3.8) is 0 Å². The normalized spacial score (nSPS) is 13.0. The molecule has 0 amide bonds. The van der Waals surface area contributed by atoms with Crippen LogP contribution in [0.3, 0.4) is 0 Å². The maximum atomic E-state index is 14.9. The second kappa shape index (κ2) is 10.6. The van der Waals surface area contributed by atoms with Gasteiger partial charge < -0.3 is 0 Å². The standard InChI is InChI=1S/C24H23ClF3NO4S2/c1-16(22-11-7-19(26)14-17(22)4-3-13-34(2,30)31)29(24-15-20(27)8-12-23(24)28)35(32,33)21-9-5-18(25)6-10-21/h5-12,14-16H,3-4,13H2,1-2H3/t16-/m1/s1. The monoisotopic (exact) mass is 545 g/mol. The Labute approximate surface area is 208 Å². The van der Waals surface area contributed by atoms with Crippen LogP contribution in [-0.4, -0.2) is 28.8 Å². The van der Waals surface area contributed by atoms with Gasteiger partial charge in [0.2, 0.25) is 0 Å². The molecule has 35 heavy (non-hydrogen) atoms. The molecule has 0 bridgehead atoms. The molecule has 0 spiro atoms. The number of sulfone groups is 1. The topological polar surface area (TPSA) is 71.5 Å². The van der Waals surface area contributed by atoms with Crippen LogP contribution in [0.5, 0.6) is 0 Å². The average molecular weight is 546 g/mol. The summed E-state index contributed by atoms with van der Waals surface area (Å²) in [4.78, 5) is -0.210. The lowest BCUT2D eigenvalue weighted by molar-refractivity contribution is 0.569. The molecule has 5 nitrogen and oxygen atoms in total. The number of halogens is 4. The van der Waals surface area contributed by atoms with Gasteiger partial charge in [-0.1, -0.05) is 17.7 Å².